The minimum atomic E-state index is -0.859. The molecule has 3 saturated heterocycles. The lowest BCUT2D eigenvalue weighted by atomic mass is 9.51. The van der Waals surface area contributed by atoms with Gasteiger partial charge in [0, 0.05) is 24.7 Å². The van der Waals surface area contributed by atoms with Gasteiger partial charge in [0.1, 0.15) is 5.72 Å². The van der Waals surface area contributed by atoms with Crippen LogP contribution in [0.4, 0.5) is 5.69 Å². The molecule has 5 aliphatic heterocycles. The number of para-hydroxylation sites is 1. The number of aliphatic hydroxyl groups is 1. The molecule has 1 spiro atoms. The van der Waals surface area contributed by atoms with Gasteiger partial charge in [-0.1, -0.05) is 29.8 Å². The van der Waals surface area contributed by atoms with Gasteiger partial charge < -0.3 is 14.7 Å². The number of amides is 1. The first-order valence-corrected chi connectivity index (χ1v) is 10.3. The maximum Gasteiger partial charge on any atom is 0.229 e. The van der Waals surface area contributed by atoms with E-state index in [-0.39, 0.29) is 29.4 Å². The first-order chi connectivity index (χ1) is 13.1. The molecule has 1 aromatic rings. The maximum atomic E-state index is 13.3. The number of nitrogens with zero attached hydrogens (tertiary/aromatic N) is 2. The van der Waals surface area contributed by atoms with E-state index in [2.05, 4.69) is 34.1 Å². The van der Waals surface area contributed by atoms with Gasteiger partial charge in [0.2, 0.25) is 5.91 Å². The minimum absolute atomic E-state index is 0.0108. The fraction of sp³-hybridized carbons (Fsp3) is 0.591. The van der Waals surface area contributed by atoms with Crippen molar-refractivity contribution in [2.75, 3.05) is 24.6 Å². The molecule has 27 heavy (non-hydrogen) atoms. The average Bonchev–Trinajstić information content (AvgIpc) is 3.14. The van der Waals surface area contributed by atoms with Crippen molar-refractivity contribution in [3.63, 3.8) is 0 Å². The number of piperidine rings is 2. The summed E-state index contributed by atoms with van der Waals surface area (Å²) in [6.07, 6.45) is 5.41. The van der Waals surface area contributed by atoms with E-state index < -0.39 is 5.72 Å². The number of carbonyl (C=O) groups is 1. The molecule has 2 bridgehead atoms. The second-order valence-corrected chi connectivity index (χ2v) is 9.25. The largest absolute Gasteiger partial charge is 0.377 e. The van der Waals surface area contributed by atoms with E-state index in [0.717, 1.165) is 38.0 Å². The van der Waals surface area contributed by atoms with Gasteiger partial charge in [0.15, 0.2) is 0 Å². The number of anilines is 1. The number of carbonyl (C=O) groups excluding carboxylic acids is 1. The van der Waals surface area contributed by atoms with Crippen molar-refractivity contribution < 1.29 is 14.6 Å². The van der Waals surface area contributed by atoms with Crippen LogP contribution in [0, 0.1) is 11.8 Å². The molecule has 1 aliphatic carbocycles. The number of hydrogen-bond acceptors (Lipinski definition) is 4. The lowest BCUT2D eigenvalue weighted by Gasteiger charge is -2.63. The minimum Gasteiger partial charge on any atom is -0.377 e. The van der Waals surface area contributed by atoms with Gasteiger partial charge >= 0.3 is 0 Å². The van der Waals surface area contributed by atoms with Crippen molar-refractivity contribution in [3.8, 4) is 0 Å². The third-order valence-electron chi connectivity index (χ3n) is 8.55. The molecular weight excluding hydrogens is 340 g/mol. The third kappa shape index (κ3) is 1.48. The van der Waals surface area contributed by atoms with Gasteiger partial charge in [-0.2, -0.15) is 0 Å². The van der Waals surface area contributed by atoms with E-state index >= 15 is 0 Å². The van der Waals surface area contributed by atoms with Gasteiger partial charge in [-0.25, -0.2) is 0 Å². The molecule has 0 aromatic heterocycles. The fourth-order valence-electron chi connectivity index (χ4n) is 7.71. The molecule has 5 heteroatoms. The Morgan fingerprint density at radius 1 is 1.26 bits per heavy atom. The Hall–Kier alpha value is -1.69. The smallest absolute Gasteiger partial charge is 0.229 e. The molecule has 5 heterocycles. The maximum absolute atomic E-state index is 13.3. The summed E-state index contributed by atoms with van der Waals surface area (Å²) in [5.74, 6) is 0.763. The molecule has 0 radical (unpaired) electrons. The molecule has 0 unspecified atom stereocenters. The quantitative estimate of drug-likeness (QED) is 0.714. The Morgan fingerprint density at radius 2 is 2.15 bits per heavy atom. The molecule has 1 saturated carbocycles. The molecule has 140 valence electrons. The SMILES string of the molecule is O=C1C[C@@H]2OCCC=C3CN4CC[C@@]56c7ccccc7N1[C@H]5[C@@H]2[C@H]3C[C@@]46O. The van der Waals surface area contributed by atoms with E-state index in [9.17, 15) is 9.90 Å². The molecule has 6 atom stereocenters. The van der Waals surface area contributed by atoms with E-state index in [4.69, 9.17) is 4.74 Å². The standard InChI is InChI=1S/C22H24N2O3/c25-18-10-17-19-14-11-22(26)21(7-8-23(22)12-13(14)4-3-9-27-17)15-5-1-2-6-16(15)24(18)20(19)21/h1-2,4-6,14,17,19-20,26H,3,7-12H2/t14-,17-,19+,20-,21+,22-/m0/s1. The molecule has 1 N–H and O–H groups in total. The van der Waals surface area contributed by atoms with Crippen molar-refractivity contribution in [3.05, 3.63) is 41.5 Å². The number of hydrogen-bond donors (Lipinski definition) is 1. The number of rotatable bonds is 0. The van der Waals surface area contributed by atoms with E-state index in [1.807, 2.05) is 6.07 Å². The lowest BCUT2D eigenvalue weighted by molar-refractivity contribution is -0.202. The summed E-state index contributed by atoms with van der Waals surface area (Å²) >= 11 is 0. The zero-order chi connectivity index (χ0) is 18.0. The first-order valence-electron chi connectivity index (χ1n) is 10.3. The van der Waals surface area contributed by atoms with Crippen molar-refractivity contribution in [2.24, 2.45) is 11.8 Å². The van der Waals surface area contributed by atoms with Crippen molar-refractivity contribution in [1.29, 1.82) is 0 Å². The number of fused-ring (bicyclic) bond motifs is 2. The van der Waals surface area contributed by atoms with Crippen molar-refractivity contribution in [2.45, 2.75) is 49.0 Å². The molecule has 7 rings (SSSR count). The van der Waals surface area contributed by atoms with Crippen LogP contribution in [0.15, 0.2) is 35.9 Å². The topological polar surface area (TPSA) is 53.0 Å². The summed E-state index contributed by atoms with van der Waals surface area (Å²) in [4.78, 5) is 17.7. The Bertz CT molecular complexity index is 913. The summed E-state index contributed by atoms with van der Waals surface area (Å²) in [6.45, 7) is 2.46. The highest BCUT2D eigenvalue weighted by atomic mass is 16.5. The van der Waals surface area contributed by atoms with Gasteiger partial charge in [0.25, 0.3) is 0 Å². The van der Waals surface area contributed by atoms with Crippen molar-refractivity contribution in [1.82, 2.24) is 4.90 Å². The van der Waals surface area contributed by atoms with Crippen LogP contribution >= 0.6 is 0 Å². The monoisotopic (exact) mass is 364 g/mol. The highest BCUT2D eigenvalue weighted by molar-refractivity contribution is 5.99. The van der Waals surface area contributed by atoms with E-state index in [1.54, 1.807) is 0 Å². The van der Waals surface area contributed by atoms with Crippen LogP contribution in [0.2, 0.25) is 0 Å². The lowest BCUT2D eigenvalue weighted by Crippen LogP contribution is -2.75. The average molecular weight is 364 g/mol. The normalized spacial score (nSPS) is 46.6. The van der Waals surface area contributed by atoms with Crippen LogP contribution in [-0.2, 0) is 14.9 Å². The van der Waals surface area contributed by atoms with Crippen LogP contribution in [0.1, 0.15) is 31.2 Å². The molecule has 4 fully saturated rings. The third-order valence-corrected chi connectivity index (χ3v) is 8.55. The summed E-state index contributed by atoms with van der Waals surface area (Å²) in [5.41, 5.74) is 2.44. The summed E-state index contributed by atoms with van der Waals surface area (Å²) in [6, 6.07) is 8.34. The predicted octanol–water partition coefficient (Wildman–Crippen LogP) is 1.80. The van der Waals surface area contributed by atoms with Gasteiger partial charge in [-0.15, -0.1) is 0 Å². The molecule has 5 nitrogen and oxygen atoms in total. The Balaban J connectivity index is 1.56. The van der Waals surface area contributed by atoms with Crippen LogP contribution in [0.3, 0.4) is 0 Å². The zero-order valence-corrected chi connectivity index (χ0v) is 15.3. The second kappa shape index (κ2) is 4.65. The number of benzene rings is 1. The van der Waals surface area contributed by atoms with Crippen LogP contribution in [0.25, 0.3) is 0 Å². The van der Waals surface area contributed by atoms with E-state index in [1.165, 1.54) is 11.1 Å². The summed E-state index contributed by atoms with van der Waals surface area (Å²) < 4.78 is 6.27. The molecule has 1 amide bonds. The first kappa shape index (κ1) is 15.3. The number of ether oxygens (including phenoxy) is 1. The second-order valence-electron chi connectivity index (χ2n) is 9.25. The Kier molecular flexibility index (Phi) is 2.63. The fourth-order valence-corrected chi connectivity index (χ4v) is 7.71. The highest BCUT2D eigenvalue weighted by Gasteiger charge is 2.76. The summed E-state index contributed by atoms with van der Waals surface area (Å²) in [5, 5.41) is 12.2. The highest BCUT2D eigenvalue weighted by Crippen LogP contribution is 2.68. The Labute approximate surface area is 158 Å². The van der Waals surface area contributed by atoms with Crippen LogP contribution in [0.5, 0.6) is 0 Å². The Morgan fingerprint density at radius 3 is 3.07 bits per heavy atom. The molecular formula is C22H24N2O3. The predicted molar refractivity (Wildman–Crippen MR) is 99.2 cm³/mol. The van der Waals surface area contributed by atoms with Crippen LogP contribution < -0.4 is 4.90 Å². The van der Waals surface area contributed by atoms with E-state index in [0.29, 0.717) is 18.9 Å². The van der Waals surface area contributed by atoms with Gasteiger partial charge in [0.05, 0.1) is 30.6 Å². The molecule has 6 aliphatic rings. The van der Waals surface area contributed by atoms with Gasteiger partial charge in [-0.3, -0.25) is 9.69 Å². The molecule has 1 aromatic carbocycles. The van der Waals surface area contributed by atoms with Crippen molar-refractivity contribution >= 4 is 11.6 Å². The summed E-state index contributed by atoms with van der Waals surface area (Å²) in [7, 11) is 0. The zero-order valence-electron chi connectivity index (χ0n) is 15.3. The van der Waals surface area contributed by atoms with Crippen LogP contribution in [-0.4, -0.2) is 53.5 Å². The van der Waals surface area contributed by atoms with Gasteiger partial charge in [-0.05, 0) is 36.8 Å².